The zero-order valence-corrected chi connectivity index (χ0v) is 24.6. The Morgan fingerprint density at radius 1 is 1.12 bits per heavy atom. The van der Waals surface area contributed by atoms with Gasteiger partial charge in [-0.25, -0.2) is 4.98 Å². The first-order chi connectivity index (χ1) is 20.9. The number of carbonyl (C=O) groups is 2. The quantitative estimate of drug-likeness (QED) is 0.200. The Morgan fingerprint density at radius 2 is 1.88 bits per heavy atom. The van der Waals surface area contributed by atoms with Gasteiger partial charge in [0, 0.05) is 31.4 Å². The number of aromatic nitrogens is 3. The number of amides is 2. The number of anilines is 4. The molecule has 1 aromatic carbocycles. The van der Waals surface area contributed by atoms with Gasteiger partial charge in [0.2, 0.25) is 5.91 Å². The van der Waals surface area contributed by atoms with E-state index in [1.807, 2.05) is 37.9 Å². The lowest BCUT2D eigenvalue weighted by Crippen LogP contribution is -2.50. The van der Waals surface area contributed by atoms with E-state index in [1.165, 1.54) is 0 Å². The van der Waals surface area contributed by atoms with E-state index in [2.05, 4.69) is 48.4 Å². The molecule has 3 aliphatic rings. The normalized spacial score (nSPS) is 18.8. The van der Waals surface area contributed by atoms with Gasteiger partial charge >= 0.3 is 0 Å². The molecule has 4 heterocycles. The van der Waals surface area contributed by atoms with Crippen molar-refractivity contribution in [1.29, 1.82) is 0 Å². The summed E-state index contributed by atoms with van der Waals surface area (Å²) in [6, 6.07) is 9.09. The highest BCUT2D eigenvalue weighted by Crippen LogP contribution is 2.44. The van der Waals surface area contributed by atoms with Gasteiger partial charge in [-0.15, -0.1) is 0 Å². The second-order valence-corrected chi connectivity index (χ2v) is 11.0. The first-order valence-electron chi connectivity index (χ1n) is 14.7. The second kappa shape index (κ2) is 11.8. The van der Waals surface area contributed by atoms with E-state index in [4.69, 9.17) is 10.5 Å². The van der Waals surface area contributed by atoms with Gasteiger partial charge in [-0.2, -0.15) is 5.10 Å². The lowest BCUT2D eigenvalue weighted by molar-refractivity contribution is 0.0930. The van der Waals surface area contributed by atoms with Crippen LogP contribution in [0.1, 0.15) is 46.3 Å². The van der Waals surface area contributed by atoms with E-state index in [-0.39, 0.29) is 12.2 Å². The van der Waals surface area contributed by atoms with E-state index in [9.17, 15) is 9.59 Å². The maximum absolute atomic E-state index is 13.5. The van der Waals surface area contributed by atoms with Crippen molar-refractivity contribution in [1.82, 2.24) is 25.4 Å². The number of hydrogen-bond donors (Lipinski definition) is 5. The zero-order valence-electron chi connectivity index (χ0n) is 24.6. The van der Waals surface area contributed by atoms with Gasteiger partial charge in [0.05, 0.1) is 23.7 Å². The third kappa shape index (κ3) is 5.80. The minimum Gasteiger partial charge on any atom is -0.491 e. The van der Waals surface area contributed by atoms with Crippen molar-refractivity contribution in [3.05, 3.63) is 65.6 Å². The van der Waals surface area contributed by atoms with Crippen LogP contribution < -0.4 is 41.5 Å². The van der Waals surface area contributed by atoms with Gasteiger partial charge in [-0.05, 0) is 70.0 Å². The van der Waals surface area contributed by atoms with Crippen LogP contribution in [0.2, 0.25) is 0 Å². The molecule has 1 fully saturated rings. The summed E-state index contributed by atoms with van der Waals surface area (Å²) in [7, 11) is 1.90. The number of nitrogens with two attached hydrogens (primary N) is 1. The fourth-order valence-electron chi connectivity index (χ4n) is 5.47. The number of nitrogens with one attached hydrogen (secondary N) is 4. The van der Waals surface area contributed by atoms with Crippen molar-refractivity contribution in [3.63, 3.8) is 0 Å². The standard InChI is InChI=1S/C30H38N10O3/c1-4-40-23(14-18(2)37-40)28(42)36-30-35-22-15-20(26(31)41)16-24(43-17-19-9-10-19)25(22)38(30)12-5-6-13-39-27-21(8-7-11-33-27)34-29(39)32-3/h5-8,11,14-16,19,29-30,32,34-35H,4,9-10,12-13,17H2,1-3H3,(H2,31,41)(H,36,42)/b6-5+. The number of fused-ring (bicyclic) bond motifs is 2. The maximum Gasteiger partial charge on any atom is 0.272 e. The van der Waals surface area contributed by atoms with Crippen molar-refractivity contribution < 1.29 is 14.3 Å². The van der Waals surface area contributed by atoms with Crippen molar-refractivity contribution in [3.8, 4) is 5.75 Å². The molecule has 1 saturated carbocycles. The zero-order chi connectivity index (χ0) is 30.1. The highest BCUT2D eigenvalue weighted by molar-refractivity contribution is 5.98. The molecule has 2 amide bonds. The van der Waals surface area contributed by atoms with Gasteiger partial charge < -0.3 is 36.2 Å². The van der Waals surface area contributed by atoms with Crippen molar-refractivity contribution in [2.75, 3.05) is 47.2 Å². The summed E-state index contributed by atoms with van der Waals surface area (Å²) in [5, 5.41) is 17.6. The molecule has 3 aromatic rings. The molecule has 0 spiro atoms. The summed E-state index contributed by atoms with van der Waals surface area (Å²) in [6.45, 7) is 5.99. The van der Waals surface area contributed by atoms with Crippen molar-refractivity contribution in [2.24, 2.45) is 11.7 Å². The fourth-order valence-corrected chi connectivity index (χ4v) is 5.47. The number of benzene rings is 1. The number of carbonyl (C=O) groups excluding carboxylic acids is 2. The average Bonchev–Trinajstić information content (AvgIpc) is 3.51. The molecule has 2 aromatic heterocycles. The largest absolute Gasteiger partial charge is 0.491 e. The van der Waals surface area contributed by atoms with E-state index in [0.717, 1.165) is 35.7 Å². The molecule has 0 bridgehead atoms. The topological polar surface area (TPSA) is 155 Å². The summed E-state index contributed by atoms with van der Waals surface area (Å²) in [5.74, 6) is 1.13. The Hall–Kier alpha value is -4.78. The first-order valence-corrected chi connectivity index (χ1v) is 14.7. The third-order valence-electron chi connectivity index (χ3n) is 7.83. The molecule has 6 N–H and O–H groups in total. The predicted octanol–water partition coefficient (Wildman–Crippen LogP) is 2.43. The van der Waals surface area contributed by atoms with Gasteiger partial charge in [-0.3, -0.25) is 19.6 Å². The molecule has 2 atom stereocenters. The Bertz CT molecular complexity index is 1550. The Morgan fingerprint density at radius 3 is 2.60 bits per heavy atom. The Balaban J connectivity index is 1.27. The molecule has 0 radical (unpaired) electrons. The van der Waals surface area contributed by atoms with E-state index < -0.39 is 12.2 Å². The smallest absolute Gasteiger partial charge is 0.272 e. The minimum atomic E-state index is -0.611. The van der Waals surface area contributed by atoms with Crippen LogP contribution in [-0.2, 0) is 6.54 Å². The molecule has 13 nitrogen and oxygen atoms in total. The number of primary amides is 1. The summed E-state index contributed by atoms with van der Waals surface area (Å²) < 4.78 is 7.93. The molecular formula is C30H38N10O3. The third-order valence-corrected chi connectivity index (χ3v) is 7.83. The SMILES string of the molecule is CCn1nc(C)cc1C(=O)NC1Nc2cc(C(N)=O)cc(OCC3CC3)c2N1C/C=C/CN1c2ncccc2NC1NC. The van der Waals surface area contributed by atoms with Crippen LogP contribution in [0.4, 0.5) is 22.9 Å². The second-order valence-electron chi connectivity index (χ2n) is 11.0. The van der Waals surface area contributed by atoms with Gasteiger partial charge in [0.1, 0.15) is 17.1 Å². The first kappa shape index (κ1) is 28.3. The van der Waals surface area contributed by atoms with E-state index in [0.29, 0.717) is 54.9 Å². The summed E-state index contributed by atoms with van der Waals surface area (Å²) in [4.78, 5) is 34.4. The molecule has 43 heavy (non-hydrogen) atoms. The molecule has 226 valence electrons. The minimum absolute atomic E-state index is 0.0858. The van der Waals surface area contributed by atoms with Crippen LogP contribution >= 0.6 is 0 Å². The molecule has 2 aliphatic heterocycles. The van der Waals surface area contributed by atoms with Crippen LogP contribution in [0, 0.1) is 12.8 Å². The molecule has 2 unspecified atom stereocenters. The van der Waals surface area contributed by atoms with Crippen LogP contribution in [0.25, 0.3) is 0 Å². The number of nitrogens with zero attached hydrogens (tertiary/aromatic N) is 5. The average molecular weight is 587 g/mol. The number of ether oxygens (including phenoxy) is 1. The number of pyridine rings is 1. The molecule has 1 aliphatic carbocycles. The lowest BCUT2D eigenvalue weighted by atomic mass is 10.1. The fraction of sp³-hybridized carbons (Fsp3) is 0.400. The Kier molecular flexibility index (Phi) is 7.80. The van der Waals surface area contributed by atoms with Crippen molar-refractivity contribution >= 4 is 34.7 Å². The highest BCUT2D eigenvalue weighted by atomic mass is 16.5. The molecule has 13 heteroatoms. The summed E-state index contributed by atoms with van der Waals surface area (Å²) >= 11 is 0. The van der Waals surface area contributed by atoms with Gasteiger partial charge in [0.15, 0.2) is 18.4 Å². The number of aryl methyl sites for hydroxylation is 2. The Labute approximate surface area is 250 Å². The number of hydrogen-bond acceptors (Lipinski definition) is 10. The van der Waals surface area contributed by atoms with Crippen LogP contribution in [0.3, 0.4) is 0 Å². The summed E-state index contributed by atoms with van der Waals surface area (Å²) in [5.41, 5.74) is 9.66. The van der Waals surface area contributed by atoms with Crippen LogP contribution in [0.15, 0.2) is 48.7 Å². The molecule has 6 rings (SSSR count). The van der Waals surface area contributed by atoms with Crippen molar-refractivity contribution in [2.45, 2.75) is 45.8 Å². The highest BCUT2D eigenvalue weighted by Gasteiger charge is 2.35. The van der Waals surface area contributed by atoms with Gasteiger partial charge in [0.25, 0.3) is 5.91 Å². The van der Waals surface area contributed by atoms with E-state index in [1.54, 1.807) is 29.1 Å². The van der Waals surface area contributed by atoms with Crippen LogP contribution in [-0.4, -0.2) is 65.9 Å². The number of rotatable bonds is 12. The lowest BCUT2D eigenvalue weighted by Gasteiger charge is -2.28. The maximum atomic E-state index is 13.5. The molecular weight excluding hydrogens is 548 g/mol. The molecule has 0 saturated heterocycles. The van der Waals surface area contributed by atoms with Crippen LogP contribution in [0.5, 0.6) is 5.75 Å². The summed E-state index contributed by atoms with van der Waals surface area (Å²) in [6.07, 6.45) is 7.47. The predicted molar refractivity (Wildman–Crippen MR) is 165 cm³/mol. The monoisotopic (exact) mass is 586 g/mol. The van der Waals surface area contributed by atoms with E-state index >= 15 is 0 Å². The van der Waals surface area contributed by atoms with Gasteiger partial charge in [-0.1, -0.05) is 12.2 Å².